The van der Waals surface area contributed by atoms with Crippen molar-refractivity contribution in [2.75, 3.05) is 72.2 Å². The summed E-state index contributed by atoms with van der Waals surface area (Å²) >= 11 is 0. The molecule has 1 unspecified atom stereocenters. The molecule has 10 nitrogen and oxygen atoms in total. The number of carbonyl (C=O) groups excluding carboxylic acids is 1. The van der Waals surface area contributed by atoms with Gasteiger partial charge in [-0.3, -0.25) is 4.79 Å². The lowest BCUT2D eigenvalue weighted by molar-refractivity contribution is 0.0495. The van der Waals surface area contributed by atoms with Crippen LogP contribution in [0.3, 0.4) is 0 Å². The van der Waals surface area contributed by atoms with E-state index < -0.39 is 6.10 Å². The maximum absolute atomic E-state index is 13.6. The van der Waals surface area contributed by atoms with Gasteiger partial charge in [-0.2, -0.15) is 0 Å². The molecule has 0 spiro atoms. The quantitative estimate of drug-likeness (QED) is 0.455. The molecule has 2 aliphatic rings. The second-order valence-corrected chi connectivity index (χ2v) is 10.2. The lowest BCUT2D eigenvalue weighted by Crippen LogP contribution is -2.38. The van der Waals surface area contributed by atoms with Gasteiger partial charge in [0.05, 0.1) is 0 Å². The molecule has 1 atom stereocenters. The first-order valence-electron chi connectivity index (χ1n) is 13.5. The van der Waals surface area contributed by atoms with Crippen LogP contribution in [-0.4, -0.2) is 105 Å². The van der Waals surface area contributed by atoms with E-state index in [1.807, 2.05) is 38.4 Å². The van der Waals surface area contributed by atoms with Crippen LogP contribution in [0, 0.1) is 5.92 Å². The fraction of sp³-hybridized carbons (Fsp3) is 0.607. The first-order chi connectivity index (χ1) is 18.4. The van der Waals surface area contributed by atoms with Gasteiger partial charge in [0.2, 0.25) is 0 Å². The number of aliphatic hydroxyl groups excluding tert-OH is 1. The minimum atomic E-state index is -0.619. The molecule has 2 aliphatic heterocycles. The van der Waals surface area contributed by atoms with E-state index >= 15 is 0 Å². The van der Waals surface area contributed by atoms with Gasteiger partial charge >= 0.3 is 0 Å². The molecule has 2 aromatic rings. The monoisotopic (exact) mass is 527 g/mol. The number of rotatable bonds is 11. The summed E-state index contributed by atoms with van der Waals surface area (Å²) in [4.78, 5) is 27.1. The van der Waals surface area contributed by atoms with Gasteiger partial charge in [-0.15, -0.1) is 0 Å². The SMILES string of the molecule is CNCC(O)COc1cccc(-c2nc(C(=O)N(C)CC3CCOCC3)cc(N(C)C3CCOCC3)n2)c1. The van der Waals surface area contributed by atoms with E-state index in [0.717, 1.165) is 44.5 Å². The molecule has 2 N–H and O–H groups in total. The first kappa shape index (κ1) is 28.2. The summed E-state index contributed by atoms with van der Waals surface area (Å²) in [5.41, 5.74) is 1.11. The topological polar surface area (TPSA) is 109 Å². The van der Waals surface area contributed by atoms with Crippen molar-refractivity contribution in [3.8, 4) is 17.1 Å². The lowest BCUT2D eigenvalue weighted by Gasteiger charge is -2.32. The highest BCUT2D eigenvalue weighted by Gasteiger charge is 2.25. The van der Waals surface area contributed by atoms with Gasteiger partial charge in [-0.25, -0.2) is 9.97 Å². The number of nitrogens with zero attached hydrogens (tertiary/aromatic N) is 4. The van der Waals surface area contributed by atoms with E-state index in [-0.39, 0.29) is 18.6 Å². The van der Waals surface area contributed by atoms with Crippen LogP contribution in [0.4, 0.5) is 5.82 Å². The third kappa shape index (κ3) is 7.63. The summed E-state index contributed by atoms with van der Waals surface area (Å²) in [5.74, 6) is 2.08. The second kappa shape index (κ2) is 13.8. The van der Waals surface area contributed by atoms with E-state index in [9.17, 15) is 9.90 Å². The Hall–Kier alpha value is -2.79. The summed E-state index contributed by atoms with van der Waals surface area (Å²) in [7, 11) is 5.64. The summed E-state index contributed by atoms with van der Waals surface area (Å²) in [6.07, 6.45) is 3.11. The minimum Gasteiger partial charge on any atom is -0.491 e. The number of amides is 1. The first-order valence-corrected chi connectivity index (χ1v) is 13.5. The van der Waals surface area contributed by atoms with Crippen LogP contribution >= 0.6 is 0 Å². The maximum Gasteiger partial charge on any atom is 0.272 e. The number of aliphatic hydroxyl groups is 1. The van der Waals surface area contributed by atoms with Crippen molar-refractivity contribution in [1.29, 1.82) is 0 Å². The zero-order valence-electron chi connectivity index (χ0n) is 22.8. The molecule has 2 fully saturated rings. The summed E-state index contributed by atoms with van der Waals surface area (Å²) in [5, 5.41) is 12.9. The molecule has 3 heterocycles. The number of likely N-dealkylation sites (N-methyl/N-ethyl adjacent to an activating group) is 1. The van der Waals surface area contributed by atoms with Crippen LogP contribution in [0.25, 0.3) is 11.4 Å². The molecule has 0 aliphatic carbocycles. The molecule has 1 aromatic carbocycles. The molecule has 1 aromatic heterocycles. The molecule has 1 amide bonds. The zero-order chi connectivity index (χ0) is 26.9. The predicted molar refractivity (Wildman–Crippen MR) is 146 cm³/mol. The van der Waals surface area contributed by atoms with Crippen molar-refractivity contribution >= 4 is 11.7 Å². The number of hydrogen-bond acceptors (Lipinski definition) is 9. The van der Waals surface area contributed by atoms with E-state index in [1.165, 1.54) is 0 Å². The Labute approximate surface area is 225 Å². The number of hydrogen-bond donors (Lipinski definition) is 2. The Morgan fingerprint density at radius 2 is 1.82 bits per heavy atom. The van der Waals surface area contributed by atoms with Gasteiger partial charge in [0, 0.05) is 71.3 Å². The molecule has 0 bridgehead atoms. The largest absolute Gasteiger partial charge is 0.491 e. The minimum absolute atomic E-state index is 0.121. The average molecular weight is 528 g/mol. The molecule has 0 saturated carbocycles. The van der Waals surface area contributed by atoms with E-state index in [0.29, 0.717) is 55.3 Å². The van der Waals surface area contributed by atoms with E-state index in [1.54, 1.807) is 18.0 Å². The van der Waals surface area contributed by atoms with Gasteiger partial charge in [0.25, 0.3) is 5.91 Å². The van der Waals surface area contributed by atoms with Crippen LogP contribution in [0.2, 0.25) is 0 Å². The van der Waals surface area contributed by atoms with Gasteiger partial charge in [-0.1, -0.05) is 12.1 Å². The predicted octanol–water partition coefficient (Wildman–Crippen LogP) is 2.22. The van der Waals surface area contributed by atoms with Crippen LogP contribution in [0.5, 0.6) is 5.75 Å². The molecule has 38 heavy (non-hydrogen) atoms. The third-order valence-corrected chi connectivity index (χ3v) is 7.23. The maximum atomic E-state index is 13.6. The van der Waals surface area contributed by atoms with Gasteiger partial charge in [-0.05, 0) is 50.8 Å². The molecule has 2 saturated heterocycles. The van der Waals surface area contributed by atoms with Crippen molar-refractivity contribution < 1.29 is 24.1 Å². The summed E-state index contributed by atoms with van der Waals surface area (Å²) < 4.78 is 16.8. The number of aromatic nitrogens is 2. The van der Waals surface area contributed by atoms with Crippen molar-refractivity contribution in [3.05, 3.63) is 36.0 Å². The lowest BCUT2D eigenvalue weighted by atomic mass is 10.00. The zero-order valence-corrected chi connectivity index (χ0v) is 22.8. The Morgan fingerprint density at radius 1 is 1.11 bits per heavy atom. The Kier molecular flexibility index (Phi) is 10.3. The molecule has 0 radical (unpaired) electrons. The molecular weight excluding hydrogens is 486 g/mol. The highest BCUT2D eigenvalue weighted by Crippen LogP contribution is 2.27. The number of nitrogens with one attached hydrogen (secondary N) is 1. The van der Waals surface area contributed by atoms with Gasteiger partial charge < -0.3 is 34.4 Å². The average Bonchev–Trinajstić information content (AvgIpc) is 2.96. The fourth-order valence-electron chi connectivity index (χ4n) is 4.92. The number of benzene rings is 1. The standard InChI is InChI=1S/C28H41N5O5/c1-29-17-23(34)19-38-24-6-4-5-21(15-24)27-30-25(28(35)32(2)18-20-7-11-36-12-8-20)16-26(31-27)33(3)22-9-13-37-14-10-22/h4-6,15-16,20,22-23,29,34H,7-14,17-19H2,1-3H3. The summed E-state index contributed by atoms with van der Waals surface area (Å²) in [6, 6.07) is 9.53. The summed E-state index contributed by atoms with van der Waals surface area (Å²) in [6.45, 7) is 4.19. The molecular formula is C28H41N5O5. The number of carbonyl (C=O) groups is 1. The Balaban J connectivity index is 1.60. The smallest absolute Gasteiger partial charge is 0.272 e. The highest BCUT2D eigenvalue weighted by molar-refractivity contribution is 5.93. The second-order valence-electron chi connectivity index (χ2n) is 10.2. The number of anilines is 1. The van der Waals surface area contributed by atoms with E-state index in [4.69, 9.17) is 24.2 Å². The van der Waals surface area contributed by atoms with Crippen molar-refractivity contribution in [2.45, 2.75) is 37.8 Å². The van der Waals surface area contributed by atoms with Crippen LogP contribution in [0.1, 0.15) is 36.2 Å². The number of ether oxygens (including phenoxy) is 3. The molecule has 10 heteroatoms. The van der Waals surface area contributed by atoms with Crippen molar-refractivity contribution in [3.63, 3.8) is 0 Å². The molecule has 208 valence electrons. The van der Waals surface area contributed by atoms with Crippen molar-refractivity contribution in [1.82, 2.24) is 20.2 Å². The Bertz CT molecular complexity index is 1040. The van der Waals surface area contributed by atoms with Crippen LogP contribution in [0.15, 0.2) is 30.3 Å². The van der Waals surface area contributed by atoms with Crippen LogP contribution < -0.4 is 15.0 Å². The van der Waals surface area contributed by atoms with E-state index in [2.05, 4.69) is 10.2 Å². The van der Waals surface area contributed by atoms with Gasteiger partial charge in [0.1, 0.15) is 30.0 Å². The van der Waals surface area contributed by atoms with Crippen LogP contribution in [-0.2, 0) is 9.47 Å². The fourth-order valence-corrected chi connectivity index (χ4v) is 4.92. The molecule has 4 rings (SSSR count). The normalized spacial score (nSPS) is 17.7. The highest BCUT2D eigenvalue weighted by atomic mass is 16.5. The Morgan fingerprint density at radius 3 is 2.53 bits per heavy atom. The van der Waals surface area contributed by atoms with Crippen molar-refractivity contribution in [2.24, 2.45) is 5.92 Å². The third-order valence-electron chi connectivity index (χ3n) is 7.23. The van der Waals surface area contributed by atoms with Gasteiger partial charge in [0.15, 0.2) is 5.82 Å².